The molecule has 5 nitrogen and oxygen atoms in total. The molecule has 1 fully saturated rings. The first kappa shape index (κ1) is 20.0. The SMILES string of the molecule is O=C1CCC(c2ccc(C3(F)C(F)(C(=O)O)C=CC(F)C3(F)F)cc2)C(=O)N1. The van der Waals surface area contributed by atoms with Crippen molar-refractivity contribution in [3.05, 3.63) is 47.5 Å². The van der Waals surface area contributed by atoms with Crippen LogP contribution >= 0.6 is 0 Å². The van der Waals surface area contributed by atoms with Gasteiger partial charge in [0.1, 0.15) is 0 Å². The lowest BCUT2D eigenvalue weighted by atomic mass is 9.70. The van der Waals surface area contributed by atoms with Gasteiger partial charge < -0.3 is 5.11 Å². The second-order valence-corrected chi connectivity index (χ2v) is 6.68. The van der Waals surface area contributed by atoms with Gasteiger partial charge in [-0.2, -0.15) is 8.78 Å². The second-order valence-electron chi connectivity index (χ2n) is 6.68. The molecule has 4 unspecified atom stereocenters. The summed E-state index contributed by atoms with van der Waals surface area (Å²) in [7, 11) is 0. The van der Waals surface area contributed by atoms with Crippen molar-refractivity contribution in [2.45, 2.75) is 42.2 Å². The van der Waals surface area contributed by atoms with Gasteiger partial charge in [-0.05, 0) is 29.7 Å². The number of carbonyl (C=O) groups is 3. The van der Waals surface area contributed by atoms with Crippen LogP contribution in [0, 0.1) is 0 Å². The minimum absolute atomic E-state index is 0.0241. The van der Waals surface area contributed by atoms with Gasteiger partial charge in [0.25, 0.3) is 5.67 Å². The van der Waals surface area contributed by atoms with Crippen LogP contribution in [0.15, 0.2) is 36.4 Å². The smallest absolute Gasteiger partial charge is 0.349 e. The van der Waals surface area contributed by atoms with E-state index in [0.29, 0.717) is 12.1 Å². The zero-order valence-electron chi connectivity index (χ0n) is 14.1. The van der Waals surface area contributed by atoms with Gasteiger partial charge in [0.2, 0.25) is 17.5 Å². The van der Waals surface area contributed by atoms with E-state index in [9.17, 15) is 31.9 Å². The van der Waals surface area contributed by atoms with Crippen molar-refractivity contribution in [2.75, 3.05) is 0 Å². The lowest BCUT2D eigenvalue weighted by Gasteiger charge is -2.43. The van der Waals surface area contributed by atoms with E-state index < -0.39 is 52.7 Å². The molecule has 0 radical (unpaired) electrons. The van der Waals surface area contributed by atoms with Crippen LogP contribution in [0.4, 0.5) is 22.0 Å². The average Bonchev–Trinajstić information content (AvgIpc) is 2.64. The number of alkyl halides is 5. The van der Waals surface area contributed by atoms with Crippen molar-refractivity contribution in [1.29, 1.82) is 0 Å². The molecule has 0 spiro atoms. The molecule has 1 heterocycles. The molecule has 0 bridgehead atoms. The minimum atomic E-state index is -5.01. The first-order chi connectivity index (χ1) is 12.9. The van der Waals surface area contributed by atoms with Crippen LogP contribution in [0.3, 0.4) is 0 Å². The van der Waals surface area contributed by atoms with E-state index >= 15 is 4.39 Å². The van der Waals surface area contributed by atoms with Crippen LogP contribution in [0.1, 0.15) is 29.9 Å². The fraction of sp³-hybridized carbons (Fsp3) is 0.389. The third-order valence-corrected chi connectivity index (χ3v) is 5.06. The van der Waals surface area contributed by atoms with Crippen LogP contribution in [0.2, 0.25) is 0 Å². The van der Waals surface area contributed by atoms with E-state index in [1.807, 2.05) is 0 Å². The Morgan fingerprint density at radius 2 is 1.71 bits per heavy atom. The van der Waals surface area contributed by atoms with E-state index in [0.717, 1.165) is 12.1 Å². The summed E-state index contributed by atoms with van der Waals surface area (Å²) < 4.78 is 72.6. The number of rotatable bonds is 3. The molecule has 150 valence electrons. The first-order valence-corrected chi connectivity index (χ1v) is 8.21. The Balaban J connectivity index is 2.05. The molecule has 1 saturated heterocycles. The third-order valence-electron chi connectivity index (χ3n) is 5.06. The number of carboxylic acids is 1. The fourth-order valence-corrected chi connectivity index (χ4v) is 3.46. The molecule has 2 aliphatic rings. The topological polar surface area (TPSA) is 83.5 Å². The number of imide groups is 1. The van der Waals surface area contributed by atoms with Crippen molar-refractivity contribution >= 4 is 17.8 Å². The normalized spacial score (nSPS) is 34.8. The Morgan fingerprint density at radius 1 is 1.11 bits per heavy atom. The number of allylic oxidation sites excluding steroid dienone is 1. The summed E-state index contributed by atoms with van der Waals surface area (Å²) in [6, 6.07) is 3.47. The molecule has 2 amide bonds. The number of hydrogen-bond donors (Lipinski definition) is 2. The van der Waals surface area contributed by atoms with Crippen LogP contribution < -0.4 is 5.32 Å². The molecule has 10 heteroatoms. The van der Waals surface area contributed by atoms with Gasteiger partial charge in [0, 0.05) is 6.42 Å². The first-order valence-electron chi connectivity index (χ1n) is 8.21. The van der Waals surface area contributed by atoms with Crippen LogP contribution in [0.25, 0.3) is 0 Å². The second kappa shape index (κ2) is 6.39. The summed E-state index contributed by atoms with van der Waals surface area (Å²) in [5, 5.41) is 11.1. The monoisotopic (exact) mass is 403 g/mol. The van der Waals surface area contributed by atoms with Gasteiger partial charge in [0.05, 0.1) is 5.92 Å². The lowest BCUT2D eigenvalue weighted by molar-refractivity contribution is -0.232. The third kappa shape index (κ3) is 2.61. The molecular formula is C18H14F5NO4. The Morgan fingerprint density at radius 3 is 2.25 bits per heavy atom. The average molecular weight is 403 g/mol. The highest BCUT2D eigenvalue weighted by Crippen LogP contribution is 2.56. The predicted molar refractivity (Wildman–Crippen MR) is 84.8 cm³/mol. The van der Waals surface area contributed by atoms with Gasteiger partial charge >= 0.3 is 11.9 Å². The molecule has 1 aliphatic carbocycles. The quantitative estimate of drug-likeness (QED) is 0.462. The van der Waals surface area contributed by atoms with Crippen LogP contribution in [0.5, 0.6) is 0 Å². The van der Waals surface area contributed by atoms with Crippen LogP contribution in [-0.2, 0) is 20.1 Å². The van der Waals surface area contributed by atoms with Crippen molar-refractivity contribution in [1.82, 2.24) is 5.32 Å². The van der Waals surface area contributed by atoms with Gasteiger partial charge in [-0.3, -0.25) is 14.9 Å². The number of benzene rings is 1. The van der Waals surface area contributed by atoms with Gasteiger partial charge in [-0.25, -0.2) is 18.0 Å². The number of hydrogen-bond acceptors (Lipinski definition) is 3. The molecule has 0 aromatic heterocycles. The number of aliphatic carboxylic acids is 1. The Kier molecular flexibility index (Phi) is 4.55. The van der Waals surface area contributed by atoms with Crippen molar-refractivity contribution in [3.63, 3.8) is 0 Å². The number of halogens is 5. The summed E-state index contributed by atoms with van der Waals surface area (Å²) >= 11 is 0. The van der Waals surface area contributed by atoms with Gasteiger partial charge in [-0.15, -0.1) is 0 Å². The maximum atomic E-state index is 15.4. The molecule has 4 atom stereocenters. The van der Waals surface area contributed by atoms with Crippen LogP contribution in [-0.4, -0.2) is 40.7 Å². The van der Waals surface area contributed by atoms with Crippen molar-refractivity contribution in [3.8, 4) is 0 Å². The molecule has 1 aromatic rings. The number of nitrogens with one attached hydrogen (secondary N) is 1. The van der Waals surface area contributed by atoms with E-state index in [1.165, 1.54) is 0 Å². The van der Waals surface area contributed by atoms with E-state index in [-0.39, 0.29) is 30.6 Å². The summed E-state index contributed by atoms with van der Waals surface area (Å²) in [5.41, 5.74) is -9.60. The lowest BCUT2D eigenvalue weighted by Crippen LogP contribution is -2.64. The van der Waals surface area contributed by atoms with Gasteiger partial charge in [0.15, 0.2) is 6.17 Å². The number of amides is 2. The summed E-state index contributed by atoms with van der Waals surface area (Å²) in [5.74, 6) is -9.49. The largest absolute Gasteiger partial charge is 0.479 e. The zero-order chi connectivity index (χ0) is 20.9. The summed E-state index contributed by atoms with van der Waals surface area (Å²) in [4.78, 5) is 34.3. The maximum Gasteiger partial charge on any atom is 0.349 e. The molecule has 1 aromatic carbocycles. The highest BCUT2D eigenvalue weighted by atomic mass is 19.3. The summed E-state index contributed by atoms with van der Waals surface area (Å²) in [6.45, 7) is 0. The number of carboxylic acid groups (broad SMARTS) is 1. The van der Waals surface area contributed by atoms with Gasteiger partial charge in [-0.1, -0.05) is 24.3 Å². The molecule has 28 heavy (non-hydrogen) atoms. The number of carbonyl (C=O) groups excluding carboxylic acids is 2. The van der Waals surface area contributed by atoms with Crippen molar-refractivity contribution in [2.24, 2.45) is 0 Å². The Labute approximate surface area is 155 Å². The van der Waals surface area contributed by atoms with E-state index in [4.69, 9.17) is 5.11 Å². The predicted octanol–water partition coefficient (Wildman–Crippen LogP) is 2.71. The van der Waals surface area contributed by atoms with Crippen molar-refractivity contribution < 1.29 is 41.4 Å². The highest BCUT2D eigenvalue weighted by molar-refractivity contribution is 6.00. The molecule has 3 rings (SSSR count). The molecular weight excluding hydrogens is 389 g/mol. The summed E-state index contributed by atoms with van der Waals surface area (Å²) in [6.07, 6.45) is -3.17. The standard InChI is InChI=1S/C18H14F5NO4/c19-12-7-8-16(20,15(27)28)17(21,18(12,22)23)10-3-1-9(2-4-10)11-5-6-13(25)24-14(11)26/h1-4,7-8,11-12H,5-6H2,(H,27,28)(H,24,25,26). The zero-order valence-corrected chi connectivity index (χ0v) is 14.1. The van der Waals surface area contributed by atoms with E-state index in [1.54, 1.807) is 0 Å². The number of piperidine rings is 1. The fourth-order valence-electron chi connectivity index (χ4n) is 3.46. The minimum Gasteiger partial charge on any atom is -0.479 e. The Hall–Kier alpha value is -2.78. The molecule has 1 aliphatic heterocycles. The highest BCUT2D eigenvalue weighted by Gasteiger charge is 2.76. The molecule has 0 saturated carbocycles. The Bertz CT molecular complexity index is 871. The van der Waals surface area contributed by atoms with E-state index in [2.05, 4.69) is 5.32 Å². The maximum absolute atomic E-state index is 15.4. The molecule has 2 N–H and O–H groups in total.